The van der Waals surface area contributed by atoms with E-state index in [1.54, 1.807) is 42.5 Å². The highest BCUT2D eigenvalue weighted by Crippen LogP contribution is 2.26. The minimum atomic E-state index is -4.04. The van der Waals surface area contributed by atoms with Crippen molar-refractivity contribution in [3.05, 3.63) is 130 Å². The van der Waals surface area contributed by atoms with Gasteiger partial charge >= 0.3 is 5.97 Å². The average Bonchev–Trinajstić information content (AvgIpc) is 3.55. The Morgan fingerprint density at radius 2 is 1.59 bits per heavy atom. The predicted octanol–water partition coefficient (Wildman–Crippen LogP) is 6.87. The third-order valence-corrected chi connectivity index (χ3v) is 9.65. The van der Waals surface area contributed by atoms with E-state index < -0.39 is 16.0 Å². The first kappa shape index (κ1) is 32.3. The molecule has 9 nitrogen and oxygen atoms in total. The molecule has 0 aliphatic carbocycles. The molecule has 4 aromatic carbocycles. The molecule has 0 atom stereocenters. The molecular weight excluding hydrogens is 625 g/mol. The number of hydrogen-bond donors (Lipinski definition) is 4. The third-order valence-electron chi connectivity index (χ3n) is 7.20. The van der Waals surface area contributed by atoms with E-state index >= 15 is 0 Å². The fourth-order valence-electron chi connectivity index (χ4n) is 4.86. The van der Waals surface area contributed by atoms with Gasteiger partial charge in [0.2, 0.25) is 0 Å². The highest BCUT2D eigenvalue weighted by molar-refractivity contribution is 7.93. The van der Waals surface area contributed by atoms with Gasteiger partial charge in [-0.3, -0.25) is 9.52 Å². The molecule has 46 heavy (non-hydrogen) atoms. The third kappa shape index (κ3) is 8.12. The smallest absolute Gasteiger partial charge is 0.347 e. The Balaban J connectivity index is 1.08. The van der Waals surface area contributed by atoms with Crippen molar-refractivity contribution in [2.45, 2.75) is 31.2 Å². The summed E-state index contributed by atoms with van der Waals surface area (Å²) >= 11 is 0.860. The van der Waals surface area contributed by atoms with Crippen molar-refractivity contribution >= 4 is 38.9 Å². The van der Waals surface area contributed by atoms with Gasteiger partial charge in [-0.05, 0) is 101 Å². The van der Waals surface area contributed by atoms with Gasteiger partial charge in [-0.25, -0.2) is 13.2 Å². The van der Waals surface area contributed by atoms with E-state index in [0.29, 0.717) is 37.2 Å². The summed E-state index contributed by atoms with van der Waals surface area (Å²) in [7, 11) is -4.04. The number of aromatic carboxylic acids is 1. The fourth-order valence-corrected chi connectivity index (χ4v) is 7.17. The van der Waals surface area contributed by atoms with Crippen LogP contribution in [0.3, 0.4) is 0 Å². The lowest BCUT2D eigenvalue weighted by Gasteiger charge is -2.12. The lowest BCUT2D eigenvalue weighted by atomic mass is 10.0. The number of aryl methyl sites for hydroxylation is 2. The van der Waals surface area contributed by atoms with Crippen LogP contribution >= 0.6 is 11.3 Å². The van der Waals surface area contributed by atoms with Crippen molar-refractivity contribution in [1.82, 2.24) is 5.32 Å². The maximum atomic E-state index is 12.8. The normalized spacial score (nSPS) is 11.2. The van der Waals surface area contributed by atoms with Crippen LogP contribution < -0.4 is 14.8 Å². The summed E-state index contributed by atoms with van der Waals surface area (Å²) in [6, 6.07) is 28.2. The molecule has 0 saturated heterocycles. The largest absolute Gasteiger partial charge is 0.508 e. The van der Waals surface area contributed by atoms with Crippen LogP contribution in [0.5, 0.6) is 11.5 Å². The molecule has 0 saturated carbocycles. The van der Waals surface area contributed by atoms with Gasteiger partial charge < -0.3 is 20.3 Å². The van der Waals surface area contributed by atoms with Gasteiger partial charge in [0.25, 0.3) is 15.9 Å². The zero-order valence-electron chi connectivity index (χ0n) is 24.9. The van der Waals surface area contributed by atoms with E-state index in [4.69, 9.17) is 4.74 Å². The summed E-state index contributed by atoms with van der Waals surface area (Å²) in [5.74, 6) is -0.517. The summed E-state index contributed by atoms with van der Waals surface area (Å²) in [6.45, 7) is 2.76. The highest BCUT2D eigenvalue weighted by Gasteiger charge is 2.24. The van der Waals surface area contributed by atoms with Crippen LogP contribution in [0.15, 0.2) is 107 Å². The van der Waals surface area contributed by atoms with E-state index in [9.17, 15) is 28.2 Å². The van der Waals surface area contributed by atoms with Crippen molar-refractivity contribution in [2.75, 3.05) is 11.3 Å². The van der Waals surface area contributed by atoms with Crippen LogP contribution in [0.1, 0.15) is 43.1 Å². The van der Waals surface area contributed by atoms with Crippen molar-refractivity contribution < 1.29 is 33.0 Å². The van der Waals surface area contributed by atoms with Gasteiger partial charge in [-0.1, -0.05) is 48.5 Å². The number of rotatable bonds is 13. The van der Waals surface area contributed by atoms with Gasteiger partial charge in [0.05, 0.1) is 6.61 Å². The molecule has 236 valence electrons. The van der Waals surface area contributed by atoms with Crippen molar-refractivity contribution in [3.8, 4) is 22.6 Å². The van der Waals surface area contributed by atoms with E-state index in [2.05, 4.69) is 10.0 Å². The molecule has 0 fully saturated rings. The number of hydrogen-bond acceptors (Lipinski definition) is 7. The Hall–Kier alpha value is -5.13. The Morgan fingerprint density at radius 3 is 2.28 bits per heavy atom. The summed E-state index contributed by atoms with van der Waals surface area (Å²) in [5.41, 5.74) is 5.59. The van der Waals surface area contributed by atoms with Gasteiger partial charge in [0, 0.05) is 17.8 Å². The predicted molar refractivity (Wildman–Crippen MR) is 178 cm³/mol. The zero-order valence-corrected chi connectivity index (χ0v) is 26.5. The molecule has 0 aliphatic heterocycles. The van der Waals surface area contributed by atoms with E-state index in [1.165, 1.54) is 11.4 Å². The van der Waals surface area contributed by atoms with Crippen LogP contribution in [0.4, 0.5) is 5.69 Å². The second-order valence-electron chi connectivity index (χ2n) is 10.6. The molecule has 0 spiro atoms. The van der Waals surface area contributed by atoms with Crippen LogP contribution in [-0.4, -0.2) is 37.1 Å². The Morgan fingerprint density at radius 1 is 0.870 bits per heavy atom. The number of carbonyl (C=O) groups excluding carboxylic acids is 1. The molecule has 1 aromatic heterocycles. The first-order valence-electron chi connectivity index (χ1n) is 14.4. The molecular formula is C35H32N2O7S2. The molecule has 1 heterocycles. The number of carbonyl (C=O) groups is 2. The molecule has 5 rings (SSSR count). The first-order valence-corrected chi connectivity index (χ1v) is 16.8. The van der Waals surface area contributed by atoms with Crippen LogP contribution in [0.25, 0.3) is 11.1 Å². The van der Waals surface area contributed by atoms with Gasteiger partial charge in [-0.15, -0.1) is 11.3 Å². The number of aromatic hydroxyl groups is 1. The summed E-state index contributed by atoms with van der Waals surface area (Å²) in [6.07, 6.45) is 1.33. The van der Waals surface area contributed by atoms with Gasteiger partial charge in [0.1, 0.15) is 21.3 Å². The maximum Gasteiger partial charge on any atom is 0.347 e. The second-order valence-corrected chi connectivity index (χ2v) is 13.2. The molecule has 5 aromatic rings. The standard InChI is InChI=1S/C35H32N2O7S2/c1-23-20-25(22-36-34(39)28-10-8-26(9-11-28)27-12-14-30(38)15-13-27)7-16-31(23)44-18-3-5-24-4-2-6-29(21-24)37-46(42,43)32-17-19-45-33(32)35(40)41/h2,4,6-17,19-21,37-38H,3,5,18,22H2,1H3,(H,36,39)(H,40,41). The first-order chi connectivity index (χ1) is 22.1. The maximum absolute atomic E-state index is 12.8. The Labute approximate surface area is 271 Å². The number of nitrogens with one attached hydrogen (secondary N) is 2. The number of ether oxygens (including phenoxy) is 1. The van der Waals surface area contributed by atoms with Crippen LogP contribution in [-0.2, 0) is 23.0 Å². The molecule has 4 N–H and O–H groups in total. The SMILES string of the molecule is Cc1cc(CNC(=O)c2ccc(-c3ccc(O)cc3)cc2)ccc1OCCCc1cccc(NS(=O)(=O)c2ccsc2C(=O)O)c1. The number of benzene rings is 4. The zero-order chi connectivity index (χ0) is 32.7. The Bertz CT molecular complexity index is 1950. The molecule has 0 aliphatic rings. The number of amides is 1. The van der Waals surface area contributed by atoms with Crippen molar-refractivity contribution in [2.24, 2.45) is 0 Å². The number of carboxylic acid groups (broad SMARTS) is 1. The highest BCUT2D eigenvalue weighted by atomic mass is 32.2. The van der Waals surface area contributed by atoms with E-state index in [0.717, 1.165) is 44.9 Å². The molecule has 0 bridgehead atoms. The molecule has 0 unspecified atom stereocenters. The second kappa shape index (κ2) is 14.3. The number of sulfonamides is 1. The van der Waals surface area contributed by atoms with Crippen LogP contribution in [0.2, 0.25) is 0 Å². The summed E-state index contributed by atoms with van der Waals surface area (Å²) in [4.78, 5) is 23.6. The summed E-state index contributed by atoms with van der Waals surface area (Å²) in [5, 5.41) is 23.1. The molecule has 11 heteroatoms. The minimum Gasteiger partial charge on any atom is -0.508 e. The van der Waals surface area contributed by atoms with Crippen molar-refractivity contribution in [3.63, 3.8) is 0 Å². The average molecular weight is 657 g/mol. The number of carboxylic acids is 1. The lowest BCUT2D eigenvalue weighted by molar-refractivity contribution is 0.0698. The topological polar surface area (TPSA) is 142 Å². The molecule has 0 radical (unpaired) electrons. The number of anilines is 1. The van der Waals surface area contributed by atoms with Gasteiger partial charge in [-0.2, -0.15) is 0 Å². The van der Waals surface area contributed by atoms with Crippen molar-refractivity contribution in [1.29, 1.82) is 0 Å². The monoisotopic (exact) mass is 656 g/mol. The Kier molecular flexibility index (Phi) is 10.0. The number of thiophene rings is 1. The van der Waals surface area contributed by atoms with E-state index in [1.807, 2.05) is 55.5 Å². The fraction of sp³-hybridized carbons (Fsp3) is 0.143. The number of phenols is 1. The minimum absolute atomic E-state index is 0.177. The quantitative estimate of drug-likeness (QED) is 0.101. The number of phenolic OH excluding ortho intramolecular Hbond substituents is 1. The molecule has 1 amide bonds. The lowest BCUT2D eigenvalue weighted by Crippen LogP contribution is -2.22. The van der Waals surface area contributed by atoms with Crippen LogP contribution in [0, 0.1) is 6.92 Å². The van der Waals surface area contributed by atoms with E-state index in [-0.39, 0.29) is 21.4 Å². The summed E-state index contributed by atoms with van der Waals surface area (Å²) < 4.78 is 34.0. The van der Waals surface area contributed by atoms with Gasteiger partial charge in [0.15, 0.2) is 0 Å².